The summed E-state index contributed by atoms with van der Waals surface area (Å²) in [5, 5.41) is 5.10. The van der Waals surface area contributed by atoms with Crippen LogP contribution in [0.5, 0.6) is 0 Å². The van der Waals surface area contributed by atoms with E-state index in [4.69, 9.17) is 0 Å². The molecule has 1 atom stereocenters. The molecule has 1 fully saturated rings. The molecular weight excluding hydrogens is 232 g/mol. The molecule has 1 saturated heterocycles. The molecule has 94 valence electrons. The van der Waals surface area contributed by atoms with E-state index in [0.717, 1.165) is 26.1 Å². The Morgan fingerprint density at radius 2 is 2.53 bits per heavy atom. The van der Waals surface area contributed by atoms with E-state index in [1.54, 1.807) is 11.3 Å². The summed E-state index contributed by atoms with van der Waals surface area (Å²) in [5.74, 6) is 0.832. The molecule has 17 heavy (non-hydrogen) atoms. The van der Waals surface area contributed by atoms with Crippen molar-refractivity contribution in [3.8, 4) is 0 Å². The summed E-state index contributed by atoms with van der Waals surface area (Å²) in [6, 6.07) is 4.12. The molecule has 3 nitrogen and oxygen atoms in total. The van der Waals surface area contributed by atoms with Crippen molar-refractivity contribution in [1.82, 2.24) is 10.2 Å². The fourth-order valence-corrected chi connectivity index (χ4v) is 2.94. The minimum Gasteiger partial charge on any atom is -0.356 e. The maximum absolute atomic E-state index is 11.7. The first-order valence-corrected chi connectivity index (χ1v) is 7.09. The van der Waals surface area contributed by atoms with Crippen molar-refractivity contribution in [2.45, 2.75) is 19.3 Å². The van der Waals surface area contributed by atoms with E-state index in [-0.39, 0.29) is 5.91 Å². The minimum absolute atomic E-state index is 0.188. The molecule has 0 spiro atoms. The molecule has 2 heterocycles. The van der Waals surface area contributed by atoms with E-state index in [9.17, 15) is 4.79 Å². The molecule has 1 N–H and O–H groups in total. The maximum Gasteiger partial charge on any atom is 0.220 e. The molecule has 0 unspecified atom stereocenters. The zero-order valence-corrected chi connectivity index (χ0v) is 11.1. The number of nitrogens with zero attached hydrogens (tertiary/aromatic N) is 1. The van der Waals surface area contributed by atoms with Gasteiger partial charge in [-0.05, 0) is 43.8 Å². The van der Waals surface area contributed by atoms with Crippen LogP contribution in [0.2, 0.25) is 0 Å². The van der Waals surface area contributed by atoms with Crippen molar-refractivity contribution in [2.24, 2.45) is 5.92 Å². The summed E-state index contributed by atoms with van der Waals surface area (Å²) in [4.78, 5) is 15.3. The third kappa shape index (κ3) is 4.13. The second-order valence-corrected chi connectivity index (χ2v) is 5.83. The van der Waals surface area contributed by atoms with Gasteiger partial charge in [0.2, 0.25) is 5.91 Å². The smallest absolute Gasteiger partial charge is 0.220 e. The lowest BCUT2D eigenvalue weighted by molar-refractivity contribution is -0.121. The average molecular weight is 252 g/mol. The van der Waals surface area contributed by atoms with E-state index in [1.807, 2.05) is 6.07 Å². The molecule has 1 aromatic rings. The second-order valence-electron chi connectivity index (χ2n) is 4.80. The van der Waals surface area contributed by atoms with Crippen molar-refractivity contribution in [2.75, 3.05) is 26.7 Å². The first-order chi connectivity index (χ1) is 8.24. The van der Waals surface area contributed by atoms with Crippen molar-refractivity contribution >= 4 is 17.2 Å². The fourth-order valence-electron chi connectivity index (χ4n) is 2.23. The molecule has 4 heteroatoms. The van der Waals surface area contributed by atoms with Crippen LogP contribution in [0.25, 0.3) is 0 Å². The molecule has 0 aliphatic carbocycles. The maximum atomic E-state index is 11.7. The molecule has 1 aliphatic heterocycles. The lowest BCUT2D eigenvalue weighted by Crippen LogP contribution is -2.30. The number of thiophene rings is 1. The van der Waals surface area contributed by atoms with Gasteiger partial charge in [-0.1, -0.05) is 6.07 Å². The molecule has 1 aromatic heterocycles. The number of hydrogen-bond donors (Lipinski definition) is 1. The Bertz CT molecular complexity index is 350. The van der Waals surface area contributed by atoms with Crippen LogP contribution in [0, 0.1) is 5.92 Å². The lowest BCUT2D eigenvalue weighted by atomic mass is 10.1. The SMILES string of the molecule is CN1CC[C@@H](CNC(=O)CCc2cccs2)C1. The van der Waals surface area contributed by atoms with Gasteiger partial charge in [-0.3, -0.25) is 4.79 Å². The van der Waals surface area contributed by atoms with Crippen molar-refractivity contribution in [1.29, 1.82) is 0 Å². The van der Waals surface area contributed by atoms with E-state index in [2.05, 4.69) is 28.7 Å². The number of rotatable bonds is 5. The second kappa shape index (κ2) is 6.17. The Morgan fingerprint density at radius 1 is 1.65 bits per heavy atom. The fraction of sp³-hybridized carbons (Fsp3) is 0.615. The van der Waals surface area contributed by atoms with Crippen LogP contribution in [-0.2, 0) is 11.2 Å². The van der Waals surface area contributed by atoms with E-state index in [0.29, 0.717) is 12.3 Å². The van der Waals surface area contributed by atoms with Gasteiger partial charge in [0.15, 0.2) is 0 Å². The molecule has 1 aliphatic rings. The summed E-state index contributed by atoms with van der Waals surface area (Å²) in [5.41, 5.74) is 0. The van der Waals surface area contributed by atoms with Gasteiger partial charge in [0.1, 0.15) is 0 Å². The molecule has 0 saturated carbocycles. The number of carbonyl (C=O) groups is 1. The molecule has 0 radical (unpaired) electrons. The first-order valence-electron chi connectivity index (χ1n) is 6.21. The zero-order valence-electron chi connectivity index (χ0n) is 10.3. The number of carbonyl (C=O) groups excluding carboxylic acids is 1. The largest absolute Gasteiger partial charge is 0.356 e. The van der Waals surface area contributed by atoms with Crippen molar-refractivity contribution in [3.63, 3.8) is 0 Å². The van der Waals surface area contributed by atoms with Crippen LogP contribution in [0.1, 0.15) is 17.7 Å². The Morgan fingerprint density at radius 3 is 3.18 bits per heavy atom. The van der Waals surface area contributed by atoms with Crippen LogP contribution < -0.4 is 5.32 Å². The van der Waals surface area contributed by atoms with E-state index < -0.39 is 0 Å². The Balaban J connectivity index is 1.61. The van der Waals surface area contributed by atoms with Crippen LogP contribution in [0.3, 0.4) is 0 Å². The van der Waals surface area contributed by atoms with Gasteiger partial charge in [0, 0.05) is 24.4 Å². The number of hydrogen-bond acceptors (Lipinski definition) is 3. The van der Waals surface area contributed by atoms with Crippen molar-refractivity contribution in [3.05, 3.63) is 22.4 Å². The molecular formula is C13H20N2OS. The summed E-state index contributed by atoms with van der Waals surface area (Å²) < 4.78 is 0. The van der Waals surface area contributed by atoms with Crippen LogP contribution >= 0.6 is 11.3 Å². The standard InChI is InChI=1S/C13H20N2OS/c1-15-7-6-11(10-15)9-14-13(16)5-4-12-3-2-8-17-12/h2-3,8,11H,4-7,9-10H2,1H3,(H,14,16)/t11-/m0/s1. The van der Waals surface area contributed by atoms with Gasteiger partial charge in [0.05, 0.1) is 0 Å². The predicted molar refractivity (Wildman–Crippen MR) is 71.3 cm³/mol. The van der Waals surface area contributed by atoms with Gasteiger partial charge in [-0.25, -0.2) is 0 Å². The number of nitrogens with one attached hydrogen (secondary N) is 1. The Labute approximate surface area is 107 Å². The zero-order chi connectivity index (χ0) is 12.1. The molecule has 0 bridgehead atoms. The van der Waals surface area contributed by atoms with Gasteiger partial charge in [-0.2, -0.15) is 0 Å². The molecule has 2 rings (SSSR count). The van der Waals surface area contributed by atoms with Gasteiger partial charge in [0.25, 0.3) is 0 Å². The quantitative estimate of drug-likeness (QED) is 0.866. The number of likely N-dealkylation sites (tertiary alicyclic amines) is 1. The number of aryl methyl sites for hydroxylation is 1. The highest BCUT2D eigenvalue weighted by molar-refractivity contribution is 7.09. The highest BCUT2D eigenvalue weighted by Gasteiger charge is 2.19. The predicted octanol–water partition coefficient (Wildman–Crippen LogP) is 1.75. The summed E-state index contributed by atoms with van der Waals surface area (Å²) in [6.45, 7) is 3.12. The normalized spacial score (nSPS) is 20.6. The highest BCUT2D eigenvalue weighted by atomic mass is 32.1. The van der Waals surface area contributed by atoms with Gasteiger partial charge >= 0.3 is 0 Å². The molecule has 1 amide bonds. The van der Waals surface area contributed by atoms with E-state index in [1.165, 1.54) is 11.3 Å². The molecule has 0 aromatic carbocycles. The lowest BCUT2D eigenvalue weighted by Gasteiger charge is -2.11. The summed E-state index contributed by atoms with van der Waals surface area (Å²) in [7, 11) is 2.14. The minimum atomic E-state index is 0.188. The van der Waals surface area contributed by atoms with Crippen molar-refractivity contribution < 1.29 is 4.79 Å². The van der Waals surface area contributed by atoms with Gasteiger partial charge < -0.3 is 10.2 Å². The summed E-state index contributed by atoms with van der Waals surface area (Å²) >= 11 is 1.72. The van der Waals surface area contributed by atoms with Crippen LogP contribution in [-0.4, -0.2) is 37.5 Å². The van der Waals surface area contributed by atoms with Gasteiger partial charge in [-0.15, -0.1) is 11.3 Å². The van der Waals surface area contributed by atoms with Crippen LogP contribution in [0.4, 0.5) is 0 Å². The first kappa shape index (κ1) is 12.6. The average Bonchev–Trinajstić information content (AvgIpc) is 2.95. The van der Waals surface area contributed by atoms with E-state index >= 15 is 0 Å². The Kier molecular flexibility index (Phi) is 4.57. The third-order valence-corrected chi connectivity index (χ3v) is 4.19. The number of amides is 1. The Hall–Kier alpha value is -0.870. The van der Waals surface area contributed by atoms with Crippen LogP contribution in [0.15, 0.2) is 17.5 Å². The third-order valence-electron chi connectivity index (χ3n) is 3.26. The summed E-state index contributed by atoms with van der Waals surface area (Å²) in [6.07, 6.45) is 2.69. The topological polar surface area (TPSA) is 32.3 Å². The highest BCUT2D eigenvalue weighted by Crippen LogP contribution is 2.13. The monoisotopic (exact) mass is 252 g/mol.